The van der Waals surface area contributed by atoms with Crippen LogP contribution in [-0.4, -0.2) is 13.3 Å². The number of hydrogen-bond acceptors (Lipinski definition) is 4. The number of halogens is 1. The summed E-state index contributed by atoms with van der Waals surface area (Å²) in [5, 5.41) is 3.18. The summed E-state index contributed by atoms with van der Waals surface area (Å²) in [6, 6.07) is 10.2. The second-order valence-electron chi connectivity index (χ2n) is 4.74. The smallest absolute Gasteiger partial charge is 0.231 e. The van der Waals surface area contributed by atoms with Gasteiger partial charge in [-0.05, 0) is 29.8 Å². The third-order valence-corrected chi connectivity index (χ3v) is 3.46. The van der Waals surface area contributed by atoms with Crippen LogP contribution in [0.4, 0.5) is 10.1 Å². The average Bonchev–Trinajstić information content (AvgIpc) is 2.94. The van der Waals surface area contributed by atoms with Crippen molar-refractivity contribution in [1.29, 1.82) is 0 Å². The zero-order valence-electron chi connectivity index (χ0n) is 10.6. The molecule has 2 heterocycles. The summed E-state index contributed by atoms with van der Waals surface area (Å²) in [4.78, 5) is 0. The van der Waals surface area contributed by atoms with Gasteiger partial charge in [0, 0.05) is 6.07 Å². The van der Waals surface area contributed by atoms with E-state index in [1.165, 1.54) is 12.1 Å². The Morgan fingerprint density at radius 2 is 1.85 bits per heavy atom. The summed E-state index contributed by atoms with van der Waals surface area (Å²) < 4.78 is 29.7. The molecule has 4 nitrogen and oxygen atoms in total. The van der Waals surface area contributed by atoms with E-state index in [9.17, 15) is 4.39 Å². The molecule has 4 rings (SSSR count). The minimum Gasteiger partial charge on any atom is -0.482 e. The number of hydrogen-bond donors (Lipinski definition) is 1. The average molecular weight is 273 g/mol. The molecule has 0 fully saturated rings. The van der Waals surface area contributed by atoms with Gasteiger partial charge < -0.3 is 19.5 Å². The number of nitrogens with one attached hydrogen (secondary N) is 1. The molecule has 0 aromatic heterocycles. The number of anilines is 1. The normalized spacial score (nSPS) is 18.9. The first-order valence-corrected chi connectivity index (χ1v) is 6.39. The Hall–Kier alpha value is -2.43. The van der Waals surface area contributed by atoms with Gasteiger partial charge in [-0.25, -0.2) is 4.39 Å². The van der Waals surface area contributed by atoms with Gasteiger partial charge in [0.05, 0.1) is 12.2 Å². The second kappa shape index (κ2) is 4.30. The van der Waals surface area contributed by atoms with Crippen molar-refractivity contribution < 1.29 is 18.6 Å². The Bertz CT molecular complexity index is 674. The summed E-state index contributed by atoms with van der Waals surface area (Å²) in [6.45, 7) is 0.834. The molecule has 1 unspecified atom stereocenters. The van der Waals surface area contributed by atoms with Crippen LogP contribution in [0.5, 0.6) is 17.2 Å². The van der Waals surface area contributed by atoms with Gasteiger partial charge in [-0.2, -0.15) is 0 Å². The number of fused-ring (bicyclic) bond motifs is 2. The molecule has 5 heteroatoms. The molecule has 0 amide bonds. The molecular formula is C15H12FNO3. The summed E-state index contributed by atoms with van der Waals surface area (Å²) in [6.07, 6.45) is -0.137. The zero-order chi connectivity index (χ0) is 13.5. The van der Waals surface area contributed by atoms with Gasteiger partial charge in [-0.15, -0.1) is 0 Å². The van der Waals surface area contributed by atoms with E-state index < -0.39 is 0 Å². The van der Waals surface area contributed by atoms with Crippen molar-refractivity contribution in [1.82, 2.24) is 0 Å². The lowest BCUT2D eigenvalue weighted by molar-refractivity contribution is 0.173. The fraction of sp³-hybridized carbons (Fsp3) is 0.200. The number of rotatable bonds is 1. The highest BCUT2D eigenvalue weighted by atomic mass is 19.1. The van der Waals surface area contributed by atoms with Crippen molar-refractivity contribution in [3.8, 4) is 17.2 Å². The Kier molecular flexibility index (Phi) is 2.45. The highest BCUT2D eigenvalue weighted by molar-refractivity contribution is 5.58. The first-order chi connectivity index (χ1) is 9.79. The maximum absolute atomic E-state index is 13.1. The lowest BCUT2D eigenvalue weighted by Gasteiger charge is -2.27. The zero-order valence-corrected chi connectivity index (χ0v) is 10.6. The molecule has 102 valence electrons. The molecule has 0 saturated carbocycles. The molecule has 0 aliphatic carbocycles. The third-order valence-electron chi connectivity index (χ3n) is 3.46. The van der Waals surface area contributed by atoms with Crippen LogP contribution >= 0.6 is 0 Å². The maximum atomic E-state index is 13.1. The van der Waals surface area contributed by atoms with Crippen LogP contribution in [0.1, 0.15) is 11.7 Å². The topological polar surface area (TPSA) is 39.7 Å². The van der Waals surface area contributed by atoms with E-state index in [1.54, 1.807) is 6.07 Å². The second-order valence-corrected chi connectivity index (χ2v) is 4.74. The molecule has 2 aliphatic heterocycles. The van der Waals surface area contributed by atoms with Crippen molar-refractivity contribution in [3.05, 3.63) is 47.8 Å². The Balaban J connectivity index is 1.63. The van der Waals surface area contributed by atoms with Crippen molar-refractivity contribution >= 4 is 5.69 Å². The van der Waals surface area contributed by atoms with E-state index in [1.807, 2.05) is 18.2 Å². The minimum atomic E-state index is -0.277. The van der Waals surface area contributed by atoms with Gasteiger partial charge in [0.15, 0.2) is 11.5 Å². The highest BCUT2D eigenvalue weighted by Gasteiger charge is 2.23. The maximum Gasteiger partial charge on any atom is 0.231 e. The molecule has 0 spiro atoms. The van der Waals surface area contributed by atoms with Crippen LogP contribution in [0.3, 0.4) is 0 Å². The molecule has 0 radical (unpaired) electrons. The standard InChI is InChI=1S/C15H12FNO3/c16-10-2-4-12-11(6-10)17-7-15(20-12)9-1-3-13-14(5-9)19-8-18-13/h1-6,15,17H,7-8H2. The molecule has 0 saturated heterocycles. The first-order valence-electron chi connectivity index (χ1n) is 6.39. The first kappa shape index (κ1) is 11.4. The molecule has 1 N–H and O–H groups in total. The molecule has 2 aromatic carbocycles. The van der Waals surface area contributed by atoms with E-state index in [4.69, 9.17) is 14.2 Å². The van der Waals surface area contributed by atoms with Crippen molar-refractivity contribution in [2.75, 3.05) is 18.7 Å². The summed E-state index contributed by atoms with van der Waals surface area (Å²) >= 11 is 0. The Labute approximate surface area is 115 Å². The van der Waals surface area contributed by atoms with Crippen LogP contribution in [0.25, 0.3) is 0 Å². The van der Waals surface area contributed by atoms with Crippen LogP contribution in [0.15, 0.2) is 36.4 Å². The van der Waals surface area contributed by atoms with E-state index in [2.05, 4.69) is 5.32 Å². The monoisotopic (exact) mass is 273 g/mol. The molecule has 20 heavy (non-hydrogen) atoms. The van der Waals surface area contributed by atoms with Crippen LogP contribution in [-0.2, 0) is 0 Å². The van der Waals surface area contributed by atoms with Crippen LogP contribution in [0, 0.1) is 5.82 Å². The minimum absolute atomic E-state index is 0.137. The SMILES string of the molecule is Fc1ccc2c(c1)NCC(c1ccc3c(c1)OCO3)O2. The lowest BCUT2D eigenvalue weighted by Crippen LogP contribution is -2.23. The van der Waals surface area contributed by atoms with Gasteiger partial charge in [0.1, 0.15) is 17.7 Å². The quantitative estimate of drug-likeness (QED) is 0.866. The van der Waals surface area contributed by atoms with Gasteiger partial charge in [0.2, 0.25) is 6.79 Å². The van der Waals surface area contributed by atoms with Crippen LogP contribution < -0.4 is 19.5 Å². The third kappa shape index (κ3) is 1.82. The van der Waals surface area contributed by atoms with Crippen molar-refractivity contribution in [2.24, 2.45) is 0 Å². The highest BCUT2D eigenvalue weighted by Crippen LogP contribution is 2.38. The summed E-state index contributed by atoms with van der Waals surface area (Å²) in [7, 11) is 0. The molecule has 2 aromatic rings. The number of ether oxygens (including phenoxy) is 3. The van der Waals surface area contributed by atoms with Crippen LogP contribution in [0.2, 0.25) is 0 Å². The van der Waals surface area contributed by atoms with E-state index >= 15 is 0 Å². The van der Waals surface area contributed by atoms with Gasteiger partial charge >= 0.3 is 0 Å². The predicted octanol–water partition coefficient (Wildman–Crippen LogP) is 3.10. The Morgan fingerprint density at radius 3 is 2.80 bits per heavy atom. The van der Waals surface area contributed by atoms with Crippen molar-refractivity contribution in [2.45, 2.75) is 6.10 Å². The fourth-order valence-electron chi connectivity index (χ4n) is 2.44. The van der Waals surface area contributed by atoms with Gasteiger partial charge in [0.25, 0.3) is 0 Å². The molecule has 1 atom stereocenters. The number of benzene rings is 2. The lowest BCUT2D eigenvalue weighted by atomic mass is 10.1. The van der Waals surface area contributed by atoms with Gasteiger partial charge in [-0.3, -0.25) is 0 Å². The predicted molar refractivity (Wildman–Crippen MR) is 70.8 cm³/mol. The van der Waals surface area contributed by atoms with E-state index in [-0.39, 0.29) is 18.7 Å². The fourth-order valence-corrected chi connectivity index (χ4v) is 2.44. The van der Waals surface area contributed by atoms with Crippen molar-refractivity contribution in [3.63, 3.8) is 0 Å². The summed E-state index contributed by atoms with van der Waals surface area (Å²) in [5.74, 6) is 1.86. The van der Waals surface area contributed by atoms with Gasteiger partial charge in [-0.1, -0.05) is 6.07 Å². The summed E-state index contributed by atoms with van der Waals surface area (Å²) in [5.41, 5.74) is 1.68. The Morgan fingerprint density at radius 1 is 1.00 bits per heavy atom. The molecule has 2 aliphatic rings. The molecule has 0 bridgehead atoms. The largest absolute Gasteiger partial charge is 0.482 e. The van der Waals surface area contributed by atoms with E-state index in [0.29, 0.717) is 18.0 Å². The molecular weight excluding hydrogens is 261 g/mol. The van der Waals surface area contributed by atoms with E-state index in [0.717, 1.165) is 17.1 Å².